The summed E-state index contributed by atoms with van der Waals surface area (Å²) in [7, 11) is -3.79. The van der Waals surface area contributed by atoms with Crippen LogP contribution in [0.25, 0.3) is 0 Å². The molecular weight excluding hydrogens is 454 g/mol. The molecule has 1 atom stereocenters. The number of nitrogens with zero attached hydrogens (tertiary/aromatic N) is 3. The molecule has 3 aromatic rings. The number of rotatable bonds is 10. The van der Waals surface area contributed by atoms with E-state index in [1.165, 1.54) is 9.69 Å². The Morgan fingerprint density at radius 1 is 1.19 bits per heavy atom. The average Bonchev–Trinajstić information content (AvgIpc) is 3.41. The Hall–Kier alpha value is -2.57. The minimum absolute atomic E-state index is 0.128. The van der Waals surface area contributed by atoms with Gasteiger partial charge in [0.15, 0.2) is 9.96 Å². The second-order valence-corrected chi connectivity index (χ2v) is 10.7. The molecule has 3 aromatic heterocycles. The molecule has 0 spiro atoms. The Morgan fingerprint density at radius 2 is 1.84 bits per heavy atom. The van der Waals surface area contributed by atoms with E-state index in [4.69, 9.17) is 9.05 Å². The van der Waals surface area contributed by atoms with Gasteiger partial charge in [0.05, 0.1) is 11.7 Å². The fraction of sp³-hybridized carbons (Fsp3) is 0.500. The van der Waals surface area contributed by atoms with E-state index in [1.54, 1.807) is 13.8 Å². The molecule has 0 amide bonds. The molecule has 0 unspecified atom stereocenters. The second-order valence-electron chi connectivity index (χ2n) is 7.72. The number of aromatic hydroxyl groups is 1. The zero-order valence-corrected chi connectivity index (χ0v) is 20.6. The maximum atomic E-state index is 12.8. The molecule has 0 aromatic carbocycles. The lowest BCUT2D eigenvalue weighted by molar-refractivity contribution is 0.309. The Bertz CT molecular complexity index is 1140. The zero-order chi connectivity index (χ0) is 23.6. The molecule has 3 N–H and O–H groups in total. The highest BCUT2D eigenvalue weighted by atomic mass is 32.2. The van der Waals surface area contributed by atoms with Gasteiger partial charge in [0.2, 0.25) is 11.6 Å². The first kappa shape index (κ1) is 24.1. The van der Waals surface area contributed by atoms with Crippen molar-refractivity contribution < 1.29 is 22.6 Å². The highest BCUT2D eigenvalue weighted by Gasteiger charge is 2.30. The normalized spacial score (nSPS) is 13.1. The molecule has 3 heterocycles. The molecule has 176 valence electrons. The summed E-state index contributed by atoms with van der Waals surface area (Å²) in [6.07, 6.45) is 0. The Kier molecular flexibility index (Phi) is 7.16. The summed E-state index contributed by atoms with van der Waals surface area (Å²) in [5.41, 5.74) is 1.25. The largest absolute Gasteiger partial charge is 0.504 e. The predicted molar refractivity (Wildman–Crippen MR) is 123 cm³/mol. The minimum Gasteiger partial charge on any atom is -0.504 e. The summed E-state index contributed by atoms with van der Waals surface area (Å²) in [5.74, 6) is 1.92. The number of hydrogen-bond acceptors (Lipinski definition) is 10. The fourth-order valence-corrected chi connectivity index (χ4v) is 6.08. The Balaban J connectivity index is 1.86. The summed E-state index contributed by atoms with van der Waals surface area (Å²) in [5, 5.41) is 26.1. The summed E-state index contributed by atoms with van der Waals surface area (Å²) in [6.45, 7) is 12.1. The van der Waals surface area contributed by atoms with Gasteiger partial charge in [0.25, 0.3) is 10.0 Å². The molecular formula is C20H29N5O5S2. The van der Waals surface area contributed by atoms with Crippen molar-refractivity contribution in [1.29, 1.82) is 0 Å². The second kappa shape index (κ2) is 9.51. The van der Waals surface area contributed by atoms with Gasteiger partial charge >= 0.3 is 0 Å². The zero-order valence-electron chi connectivity index (χ0n) is 19.0. The predicted octanol–water partition coefficient (Wildman–Crippen LogP) is 4.63. The molecule has 0 aliphatic heterocycles. The molecule has 3 rings (SSSR count). The molecule has 0 radical (unpaired) electrons. The maximum absolute atomic E-state index is 12.8. The number of furan rings is 1. The SMILES string of the molecule is CCN(CC)S(=O)(=O)c1scc(Nc2nonc2N[C@@H](c2cc(C)c(C)o2)C(C)C)c1O. The molecule has 32 heavy (non-hydrogen) atoms. The third-order valence-electron chi connectivity index (χ3n) is 5.20. The summed E-state index contributed by atoms with van der Waals surface area (Å²) in [6, 6.07) is 1.77. The minimum atomic E-state index is -3.79. The fourth-order valence-electron chi connectivity index (χ4n) is 3.25. The standard InChI is InChI=1S/C20H29N5O5S2/c1-7-25(8-2)32(27,28)20-17(26)14(10-31-20)21-18-19(24-30-23-18)22-16(11(3)4)15-9-12(5)13(6)29-15/h9-11,16,26H,7-8H2,1-6H3,(H,21,23)(H,22,24)/t16-/m1/s1. The summed E-state index contributed by atoms with van der Waals surface area (Å²) < 4.78 is 37.5. The summed E-state index contributed by atoms with van der Waals surface area (Å²) >= 11 is 0.934. The van der Waals surface area contributed by atoms with E-state index >= 15 is 0 Å². The van der Waals surface area contributed by atoms with Crippen LogP contribution in [0.15, 0.2) is 24.7 Å². The molecule has 0 aliphatic carbocycles. The first-order valence-corrected chi connectivity index (χ1v) is 12.7. The lowest BCUT2D eigenvalue weighted by atomic mass is 10.0. The van der Waals surface area contributed by atoms with Crippen LogP contribution in [0.5, 0.6) is 5.75 Å². The van der Waals surface area contributed by atoms with Crippen LogP contribution in [0.3, 0.4) is 0 Å². The number of anilines is 3. The van der Waals surface area contributed by atoms with E-state index in [1.807, 2.05) is 33.8 Å². The smallest absolute Gasteiger partial charge is 0.256 e. The van der Waals surface area contributed by atoms with Gasteiger partial charge < -0.3 is 20.2 Å². The van der Waals surface area contributed by atoms with Gasteiger partial charge in [-0.05, 0) is 41.7 Å². The van der Waals surface area contributed by atoms with Crippen molar-refractivity contribution in [3.05, 3.63) is 28.5 Å². The van der Waals surface area contributed by atoms with E-state index in [2.05, 4.69) is 20.9 Å². The van der Waals surface area contributed by atoms with Crippen LogP contribution in [-0.2, 0) is 10.0 Å². The lowest BCUT2D eigenvalue weighted by Gasteiger charge is -2.20. The van der Waals surface area contributed by atoms with Crippen molar-refractivity contribution in [2.45, 2.75) is 51.8 Å². The van der Waals surface area contributed by atoms with E-state index in [0.29, 0.717) is 18.9 Å². The van der Waals surface area contributed by atoms with E-state index < -0.39 is 10.0 Å². The van der Waals surface area contributed by atoms with E-state index in [-0.39, 0.29) is 33.4 Å². The lowest BCUT2D eigenvalue weighted by Crippen LogP contribution is -2.30. The molecule has 0 aliphatic rings. The number of thiophene rings is 1. The molecule has 0 fully saturated rings. The van der Waals surface area contributed by atoms with Crippen LogP contribution in [-0.4, -0.2) is 41.2 Å². The van der Waals surface area contributed by atoms with Crippen LogP contribution in [0, 0.1) is 19.8 Å². The van der Waals surface area contributed by atoms with Crippen LogP contribution < -0.4 is 10.6 Å². The number of aryl methyl sites for hydroxylation is 2. The van der Waals surface area contributed by atoms with E-state index in [9.17, 15) is 13.5 Å². The Labute approximate surface area is 191 Å². The van der Waals surface area contributed by atoms with Crippen molar-refractivity contribution in [3.63, 3.8) is 0 Å². The number of aromatic nitrogens is 2. The molecule has 0 saturated heterocycles. The van der Waals surface area contributed by atoms with Crippen molar-refractivity contribution in [3.8, 4) is 5.75 Å². The molecule has 12 heteroatoms. The van der Waals surface area contributed by atoms with Crippen LogP contribution in [0.1, 0.15) is 50.8 Å². The topological polar surface area (TPSA) is 134 Å². The van der Waals surface area contributed by atoms with Gasteiger partial charge in [-0.3, -0.25) is 0 Å². The van der Waals surface area contributed by atoms with Gasteiger partial charge in [-0.15, -0.1) is 11.3 Å². The van der Waals surface area contributed by atoms with Gasteiger partial charge in [-0.2, -0.15) is 4.31 Å². The van der Waals surface area contributed by atoms with Crippen molar-refractivity contribution >= 4 is 38.7 Å². The van der Waals surface area contributed by atoms with Crippen LogP contribution in [0.4, 0.5) is 17.3 Å². The van der Waals surface area contributed by atoms with Gasteiger partial charge in [0.1, 0.15) is 11.5 Å². The third-order valence-corrected chi connectivity index (χ3v) is 8.74. The first-order chi connectivity index (χ1) is 15.1. The van der Waals surface area contributed by atoms with Crippen LogP contribution in [0.2, 0.25) is 0 Å². The molecule has 0 saturated carbocycles. The first-order valence-electron chi connectivity index (χ1n) is 10.3. The number of nitrogens with one attached hydrogen (secondary N) is 2. The number of hydrogen-bond donors (Lipinski definition) is 3. The molecule has 10 nitrogen and oxygen atoms in total. The van der Waals surface area contributed by atoms with Gasteiger partial charge in [0, 0.05) is 18.5 Å². The third kappa shape index (κ3) is 4.62. The highest BCUT2D eigenvalue weighted by Crippen LogP contribution is 2.41. The monoisotopic (exact) mass is 483 g/mol. The van der Waals surface area contributed by atoms with Crippen molar-refractivity contribution in [1.82, 2.24) is 14.6 Å². The quantitative estimate of drug-likeness (QED) is 0.377. The molecule has 0 bridgehead atoms. The van der Waals surface area contributed by atoms with Gasteiger partial charge in [-0.1, -0.05) is 27.7 Å². The van der Waals surface area contributed by atoms with Gasteiger partial charge in [-0.25, -0.2) is 13.0 Å². The maximum Gasteiger partial charge on any atom is 0.256 e. The average molecular weight is 484 g/mol. The number of sulfonamides is 1. The summed E-state index contributed by atoms with van der Waals surface area (Å²) in [4.78, 5) is 0. The van der Waals surface area contributed by atoms with Crippen molar-refractivity contribution in [2.24, 2.45) is 5.92 Å². The van der Waals surface area contributed by atoms with E-state index in [0.717, 1.165) is 28.4 Å². The van der Waals surface area contributed by atoms with Crippen LogP contribution >= 0.6 is 11.3 Å². The Morgan fingerprint density at radius 3 is 2.41 bits per heavy atom. The van der Waals surface area contributed by atoms with Crippen molar-refractivity contribution in [2.75, 3.05) is 23.7 Å². The highest BCUT2D eigenvalue weighted by molar-refractivity contribution is 7.91.